The Morgan fingerprint density at radius 3 is 2.29 bits per heavy atom. The van der Waals surface area contributed by atoms with Gasteiger partial charge in [-0.25, -0.2) is 0 Å². The van der Waals surface area contributed by atoms with Crippen LogP contribution in [0.15, 0.2) is 24.3 Å². The molecular weight excluding hydrogens is 214 g/mol. The molecule has 17 heavy (non-hydrogen) atoms. The monoisotopic (exact) mass is 231 g/mol. The van der Waals surface area contributed by atoms with Gasteiger partial charge < -0.3 is 14.6 Å². The van der Waals surface area contributed by atoms with Gasteiger partial charge >= 0.3 is 0 Å². The summed E-state index contributed by atoms with van der Waals surface area (Å²) < 4.78 is 5.08. The summed E-state index contributed by atoms with van der Waals surface area (Å²) in [5.41, 5.74) is 4.22. The summed E-state index contributed by atoms with van der Waals surface area (Å²) in [5.74, 6) is 0. The van der Waals surface area contributed by atoms with Crippen molar-refractivity contribution in [2.45, 2.75) is 6.92 Å². The Labute approximate surface area is 101 Å². The molecule has 0 fully saturated rings. The number of ether oxygens (including phenoxy) is 1. The van der Waals surface area contributed by atoms with E-state index in [4.69, 9.17) is 4.74 Å². The van der Waals surface area contributed by atoms with E-state index in [0.29, 0.717) is 6.01 Å². The Kier molecular flexibility index (Phi) is 3.04. The van der Waals surface area contributed by atoms with Crippen LogP contribution in [-0.2, 0) is 0 Å². The molecule has 0 aliphatic heterocycles. The summed E-state index contributed by atoms with van der Waals surface area (Å²) in [6.07, 6.45) is 0. The van der Waals surface area contributed by atoms with Crippen LogP contribution in [0.5, 0.6) is 6.01 Å². The van der Waals surface area contributed by atoms with Crippen LogP contribution in [0, 0.1) is 6.92 Å². The summed E-state index contributed by atoms with van der Waals surface area (Å²) in [4.78, 5) is 9.54. The number of hydrogen-bond donors (Lipinski definition) is 1. The third-order valence-corrected chi connectivity index (χ3v) is 2.71. The molecule has 0 spiro atoms. The second-order valence-electron chi connectivity index (χ2n) is 4.16. The number of hydrogen-bond acceptors (Lipinski definition) is 3. The SMILES string of the molecule is COc1nc(-c2ccc(N(C)C)cc2)c(C)[nH]1. The number of anilines is 1. The van der Waals surface area contributed by atoms with Crippen LogP contribution in [0.3, 0.4) is 0 Å². The van der Waals surface area contributed by atoms with E-state index in [2.05, 4.69) is 39.1 Å². The van der Waals surface area contributed by atoms with Crippen LogP contribution in [0.25, 0.3) is 11.3 Å². The van der Waals surface area contributed by atoms with Gasteiger partial charge in [0.25, 0.3) is 6.01 Å². The molecule has 90 valence electrons. The van der Waals surface area contributed by atoms with Crippen molar-refractivity contribution in [1.82, 2.24) is 9.97 Å². The molecule has 0 saturated heterocycles. The van der Waals surface area contributed by atoms with Crippen molar-refractivity contribution >= 4 is 5.69 Å². The smallest absolute Gasteiger partial charge is 0.294 e. The number of methoxy groups -OCH3 is 1. The normalized spacial score (nSPS) is 10.4. The number of nitrogens with zero attached hydrogens (tertiary/aromatic N) is 2. The van der Waals surface area contributed by atoms with Crippen molar-refractivity contribution in [3.63, 3.8) is 0 Å². The standard InChI is InChI=1S/C13H17N3O/c1-9-12(15-13(14-9)17-4)10-5-7-11(8-6-10)16(2)3/h5-8H,1-4H3,(H,14,15). The topological polar surface area (TPSA) is 41.1 Å². The van der Waals surface area contributed by atoms with Gasteiger partial charge in [0, 0.05) is 31.0 Å². The van der Waals surface area contributed by atoms with E-state index in [9.17, 15) is 0 Å². The molecule has 2 aromatic rings. The molecule has 1 aromatic heterocycles. The molecule has 0 saturated carbocycles. The van der Waals surface area contributed by atoms with Gasteiger partial charge in [-0.05, 0) is 19.1 Å². The van der Waals surface area contributed by atoms with Crippen molar-refractivity contribution in [3.8, 4) is 17.3 Å². The first-order valence-electron chi connectivity index (χ1n) is 5.50. The van der Waals surface area contributed by atoms with Gasteiger partial charge in [-0.3, -0.25) is 0 Å². The van der Waals surface area contributed by atoms with Gasteiger partial charge in [0.15, 0.2) is 0 Å². The Bertz CT molecular complexity index is 500. The predicted octanol–water partition coefficient (Wildman–Crippen LogP) is 2.46. The number of rotatable bonds is 3. The molecule has 1 N–H and O–H groups in total. The second-order valence-corrected chi connectivity index (χ2v) is 4.16. The first-order valence-corrected chi connectivity index (χ1v) is 5.50. The molecule has 0 atom stereocenters. The minimum Gasteiger partial charge on any atom is -0.468 e. The van der Waals surface area contributed by atoms with Crippen molar-refractivity contribution in [1.29, 1.82) is 0 Å². The maximum absolute atomic E-state index is 5.08. The number of imidazole rings is 1. The van der Waals surface area contributed by atoms with E-state index in [1.807, 2.05) is 21.0 Å². The molecule has 0 radical (unpaired) electrons. The van der Waals surface area contributed by atoms with Gasteiger partial charge in [-0.2, -0.15) is 4.98 Å². The molecule has 2 rings (SSSR count). The highest BCUT2D eigenvalue weighted by molar-refractivity contribution is 5.65. The fourth-order valence-corrected chi connectivity index (χ4v) is 1.73. The van der Waals surface area contributed by atoms with Crippen LogP contribution in [0.2, 0.25) is 0 Å². The first kappa shape index (κ1) is 11.5. The quantitative estimate of drug-likeness (QED) is 0.882. The van der Waals surface area contributed by atoms with Crippen LogP contribution in [-0.4, -0.2) is 31.2 Å². The maximum Gasteiger partial charge on any atom is 0.294 e. The summed E-state index contributed by atoms with van der Waals surface area (Å²) in [5, 5.41) is 0. The average Bonchev–Trinajstić information content (AvgIpc) is 2.71. The number of benzene rings is 1. The van der Waals surface area contributed by atoms with E-state index in [1.54, 1.807) is 7.11 Å². The van der Waals surface area contributed by atoms with Crippen molar-refractivity contribution in [2.24, 2.45) is 0 Å². The minimum atomic E-state index is 0.550. The maximum atomic E-state index is 5.08. The molecule has 1 aromatic carbocycles. The van der Waals surface area contributed by atoms with Gasteiger partial charge in [-0.15, -0.1) is 0 Å². The highest BCUT2D eigenvalue weighted by Gasteiger charge is 2.09. The van der Waals surface area contributed by atoms with Gasteiger partial charge in [0.2, 0.25) is 0 Å². The van der Waals surface area contributed by atoms with E-state index in [-0.39, 0.29) is 0 Å². The Morgan fingerprint density at radius 2 is 1.82 bits per heavy atom. The number of aromatic amines is 1. The Balaban J connectivity index is 2.36. The number of H-pyrrole nitrogens is 1. The zero-order valence-electron chi connectivity index (χ0n) is 10.6. The lowest BCUT2D eigenvalue weighted by molar-refractivity contribution is 0.384. The molecule has 0 unspecified atom stereocenters. The minimum absolute atomic E-state index is 0.550. The third-order valence-electron chi connectivity index (χ3n) is 2.71. The lowest BCUT2D eigenvalue weighted by Gasteiger charge is -2.12. The van der Waals surface area contributed by atoms with Gasteiger partial charge in [0.1, 0.15) is 0 Å². The molecule has 0 aliphatic carbocycles. The zero-order chi connectivity index (χ0) is 12.4. The Morgan fingerprint density at radius 1 is 1.18 bits per heavy atom. The molecule has 4 heteroatoms. The highest BCUT2D eigenvalue weighted by Crippen LogP contribution is 2.25. The highest BCUT2D eigenvalue weighted by atomic mass is 16.5. The number of nitrogens with one attached hydrogen (secondary N) is 1. The number of aromatic nitrogens is 2. The fourth-order valence-electron chi connectivity index (χ4n) is 1.73. The summed E-state index contributed by atoms with van der Waals surface area (Å²) in [6, 6.07) is 8.84. The third kappa shape index (κ3) is 2.25. The summed E-state index contributed by atoms with van der Waals surface area (Å²) in [6.45, 7) is 1.99. The van der Waals surface area contributed by atoms with E-state index in [0.717, 1.165) is 17.0 Å². The van der Waals surface area contributed by atoms with E-state index < -0.39 is 0 Å². The first-order chi connectivity index (χ1) is 8.11. The second kappa shape index (κ2) is 4.49. The van der Waals surface area contributed by atoms with E-state index >= 15 is 0 Å². The fraction of sp³-hybridized carbons (Fsp3) is 0.308. The van der Waals surface area contributed by atoms with Crippen molar-refractivity contribution in [3.05, 3.63) is 30.0 Å². The lowest BCUT2D eigenvalue weighted by Crippen LogP contribution is -2.07. The molecule has 4 nitrogen and oxygen atoms in total. The van der Waals surface area contributed by atoms with Crippen LogP contribution in [0.1, 0.15) is 5.69 Å². The largest absolute Gasteiger partial charge is 0.468 e. The van der Waals surface area contributed by atoms with Gasteiger partial charge in [0.05, 0.1) is 12.8 Å². The Hall–Kier alpha value is -1.97. The number of aryl methyl sites for hydroxylation is 1. The average molecular weight is 231 g/mol. The van der Waals surface area contributed by atoms with Crippen molar-refractivity contribution in [2.75, 3.05) is 26.1 Å². The molecular formula is C13H17N3O. The van der Waals surface area contributed by atoms with Crippen LogP contribution in [0.4, 0.5) is 5.69 Å². The molecule has 0 amide bonds. The molecule has 0 aliphatic rings. The lowest BCUT2D eigenvalue weighted by atomic mass is 10.1. The zero-order valence-corrected chi connectivity index (χ0v) is 10.6. The summed E-state index contributed by atoms with van der Waals surface area (Å²) >= 11 is 0. The molecule has 1 heterocycles. The van der Waals surface area contributed by atoms with Crippen LogP contribution < -0.4 is 9.64 Å². The molecule has 0 bridgehead atoms. The van der Waals surface area contributed by atoms with Gasteiger partial charge in [-0.1, -0.05) is 12.1 Å². The predicted molar refractivity (Wildman–Crippen MR) is 69.6 cm³/mol. The summed E-state index contributed by atoms with van der Waals surface area (Å²) in [7, 11) is 5.66. The van der Waals surface area contributed by atoms with E-state index in [1.165, 1.54) is 5.69 Å². The van der Waals surface area contributed by atoms with Crippen LogP contribution >= 0.6 is 0 Å². The van der Waals surface area contributed by atoms with Crippen molar-refractivity contribution < 1.29 is 4.74 Å².